The van der Waals surface area contributed by atoms with Crippen molar-refractivity contribution >= 4 is 24.3 Å². The molecular formula is C53H61ClN10O3. The molecule has 14 heteroatoms. The summed E-state index contributed by atoms with van der Waals surface area (Å²) >= 11 is 0. The Morgan fingerprint density at radius 3 is 1.45 bits per heavy atom. The topological polar surface area (TPSA) is 200 Å². The first-order valence-corrected chi connectivity index (χ1v) is 22.9. The molecule has 1 amide bonds. The fourth-order valence-electron chi connectivity index (χ4n) is 9.52. The van der Waals surface area contributed by atoms with Gasteiger partial charge < -0.3 is 15.3 Å². The van der Waals surface area contributed by atoms with Gasteiger partial charge in [-0.05, 0) is 172 Å². The maximum absolute atomic E-state index is 13.5. The highest BCUT2D eigenvalue weighted by Gasteiger charge is 2.30. The SMILES string of the molecule is C.Cc1cc(C2CCC2)c(-c2ncn[nH]2)cc1C(=O)N1CCC(c2ccc(C#N)cc2)CC1.Cc1cc(C2CCC2)c(-c2ncn[nH]2)cc1C(=O)O.Cl.N#Cc1ccc(C2CCNCC2)cc1. The van der Waals surface area contributed by atoms with Crippen LogP contribution in [0.2, 0.25) is 0 Å². The molecule has 4 aliphatic rings. The van der Waals surface area contributed by atoms with E-state index in [1.54, 1.807) is 6.07 Å². The molecule has 13 nitrogen and oxygen atoms in total. The molecule has 67 heavy (non-hydrogen) atoms. The fraction of sp³-hybridized carbons (Fsp3) is 0.396. The minimum absolute atomic E-state index is 0. The number of amides is 1. The van der Waals surface area contributed by atoms with E-state index in [1.165, 1.54) is 73.4 Å². The summed E-state index contributed by atoms with van der Waals surface area (Å²) in [5.74, 6) is 2.75. The Balaban J connectivity index is 0.000000180. The number of nitrogens with one attached hydrogen (secondary N) is 3. The zero-order valence-corrected chi connectivity index (χ0v) is 38.4. The number of halogens is 1. The molecule has 4 fully saturated rings. The number of nitrogens with zero attached hydrogens (tertiary/aromatic N) is 7. The molecule has 10 rings (SSSR count). The lowest BCUT2D eigenvalue weighted by atomic mass is 9.77. The van der Waals surface area contributed by atoms with Crippen molar-refractivity contribution in [2.45, 2.75) is 109 Å². The average molecular weight is 922 g/mol. The Morgan fingerprint density at radius 1 is 0.627 bits per heavy atom. The quantitative estimate of drug-likeness (QED) is 0.114. The molecule has 2 saturated carbocycles. The minimum Gasteiger partial charge on any atom is -0.478 e. The zero-order chi connectivity index (χ0) is 45.3. The second-order valence-electron chi connectivity index (χ2n) is 17.8. The van der Waals surface area contributed by atoms with Gasteiger partial charge in [0.05, 0.1) is 28.8 Å². The maximum atomic E-state index is 13.5. The molecule has 2 aromatic heterocycles. The van der Waals surface area contributed by atoms with Gasteiger partial charge in [0, 0.05) is 29.8 Å². The number of piperidine rings is 2. The van der Waals surface area contributed by atoms with E-state index in [0.29, 0.717) is 40.6 Å². The zero-order valence-electron chi connectivity index (χ0n) is 37.6. The maximum Gasteiger partial charge on any atom is 0.335 e. The summed E-state index contributed by atoms with van der Waals surface area (Å²) in [6, 6.07) is 28.1. The molecule has 6 aromatic rings. The number of nitriles is 2. The second kappa shape index (κ2) is 23.2. The number of aryl methyl sites for hydroxylation is 2. The number of aromatic nitrogens is 6. The Kier molecular flexibility index (Phi) is 17.2. The number of aromatic carboxylic acids is 1. The number of rotatable bonds is 8. The smallest absolute Gasteiger partial charge is 0.335 e. The van der Waals surface area contributed by atoms with Crippen LogP contribution in [0.3, 0.4) is 0 Å². The number of H-pyrrole nitrogens is 2. The molecule has 2 saturated heterocycles. The van der Waals surface area contributed by atoms with Crippen LogP contribution < -0.4 is 5.32 Å². The number of carbonyl (C=O) groups excluding carboxylic acids is 1. The molecule has 348 valence electrons. The summed E-state index contributed by atoms with van der Waals surface area (Å²) < 4.78 is 0. The highest BCUT2D eigenvalue weighted by atomic mass is 35.5. The Bertz CT molecular complexity index is 2650. The van der Waals surface area contributed by atoms with E-state index >= 15 is 0 Å². The van der Waals surface area contributed by atoms with Gasteiger partial charge in [0.1, 0.15) is 12.7 Å². The number of carbonyl (C=O) groups is 2. The van der Waals surface area contributed by atoms with Crippen molar-refractivity contribution in [1.29, 1.82) is 10.5 Å². The molecule has 0 radical (unpaired) electrons. The van der Waals surface area contributed by atoms with Gasteiger partial charge in [-0.15, -0.1) is 12.4 Å². The van der Waals surface area contributed by atoms with Gasteiger partial charge >= 0.3 is 5.97 Å². The van der Waals surface area contributed by atoms with E-state index < -0.39 is 5.97 Å². The van der Waals surface area contributed by atoms with Crippen LogP contribution in [0.15, 0.2) is 85.5 Å². The van der Waals surface area contributed by atoms with E-state index in [4.69, 9.17) is 10.5 Å². The van der Waals surface area contributed by atoms with Crippen LogP contribution in [0.25, 0.3) is 22.8 Å². The summed E-state index contributed by atoms with van der Waals surface area (Å²) in [4.78, 5) is 35.3. The molecule has 4 heterocycles. The van der Waals surface area contributed by atoms with Crippen molar-refractivity contribution in [2.24, 2.45) is 0 Å². The van der Waals surface area contributed by atoms with Crippen LogP contribution in [0.5, 0.6) is 0 Å². The van der Waals surface area contributed by atoms with Gasteiger partial charge in [-0.1, -0.05) is 56.7 Å². The van der Waals surface area contributed by atoms with Crippen molar-refractivity contribution < 1.29 is 14.7 Å². The third-order valence-electron chi connectivity index (χ3n) is 13.8. The first-order valence-electron chi connectivity index (χ1n) is 22.9. The minimum atomic E-state index is -0.904. The fourth-order valence-corrected chi connectivity index (χ4v) is 9.52. The van der Waals surface area contributed by atoms with Gasteiger partial charge in [-0.2, -0.15) is 20.7 Å². The summed E-state index contributed by atoms with van der Waals surface area (Å²) in [6.45, 7) is 7.60. The largest absolute Gasteiger partial charge is 0.478 e. The number of hydrogen-bond donors (Lipinski definition) is 4. The van der Waals surface area contributed by atoms with Gasteiger partial charge in [-0.3, -0.25) is 15.0 Å². The monoisotopic (exact) mass is 920 g/mol. The molecule has 0 spiro atoms. The van der Waals surface area contributed by atoms with E-state index in [9.17, 15) is 14.7 Å². The van der Waals surface area contributed by atoms with Crippen LogP contribution in [-0.2, 0) is 0 Å². The predicted octanol–water partition coefficient (Wildman–Crippen LogP) is 10.8. The van der Waals surface area contributed by atoms with Crippen LogP contribution in [0, 0.1) is 36.5 Å². The summed E-state index contributed by atoms with van der Waals surface area (Å²) in [5.41, 5.74) is 11.3. The Labute approximate surface area is 399 Å². The summed E-state index contributed by atoms with van der Waals surface area (Å²) in [6.07, 6.45) is 14.5. The number of carboxylic acids is 1. The van der Waals surface area contributed by atoms with Gasteiger partial charge in [0.15, 0.2) is 11.6 Å². The van der Waals surface area contributed by atoms with E-state index in [2.05, 4.69) is 66.0 Å². The summed E-state index contributed by atoms with van der Waals surface area (Å²) in [7, 11) is 0. The standard InChI is InChI=1S/C26H27N5O.C14H15N3O2.C12H14N2.CH4.ClH/c1-17-13-23(21-3-2-4-21)24(25-28-16-29-30-25)14-22(17)26(32)31-11-9-20(10-12-31)19-7-5-18(15-27)6-8-19;1-8-5-11(9-3-2-4-9)12(6-10(8)14(18)19)13-15-7-16-17-13;13-9-10-1-3-11(4-2-10)12-5-7-14-8-6-12;;/h5-8,13-14,16,20-21H,2-4,9-12H2,1H3,(H,28,29,30);5-7,9H,2-4H2,1H3,(H,18,19)(H,15,16,17);1-4,12,14H,5-8H2;1H4;1H. The van der Waals surface area contributed by atoms with Gasteiger partial charge in [0.2, 0.25) is 0 Å². The lowest BCUT2D eigenvalue weighted by Gasteiger charge is -2.33. The van der Waals surface area contributed by atoms with Crippen molar-refractivity contribution in [3.63, 3.8) is 0 Å². The van der Waals surface area contributed by atoms with Crippen molar-refractivity contribution in [3.05, 3.63) is 141 Å². The van der Waals surface area contributed by atoms with Gasteiger partial charge in [0.25, 0.3) is 5.91 Å². The molecule has 2 aliphatic carbocycles. The highest BCUT2D eigenvalue weighted by Crippen LogP contribution is 2.43. The number of aromatic amines is 2. The molecule has 0 unspecified atom stereocenters. The molecule has 2 aliphatic heterocycles. The number of benzene rings is 4. The van der Waals surface area contributed by atoms with Crippen molar-refractivity contribution in [2.75, 3.05) is 26.2 Å². The first kappa shape index (κ1) is 49.8. The number of likely N-dealkylation sites (tertiary alicyclic amines) is 1. The predicted molar refractivity (Wildman–Crippen MR) is 262 cm³/mol. The second-order valence-corrected chi connectivity index (χ2v) is 17.8. The van der Waals surface area contributed by atoms with Crippen LogP contribution in [-0.4, -0.2) is 78.4 Å². The third-order valence-corrected chi connectivity index (χ3v) is 13.8. The highest BCUT2D eigenvalue weighted by molar-refractivity contribution is 5.97. The lowest BCUT2D eigenvalue weighted by molar-refractivity contribution is 0.0692. The number of hydrogen-bond acceptors (Lipinski definition) is 9. The molecular weight excluding hydrogens is 860 g/mol. The Morgan fingerprint density at radius 2 is 1.06 bits per heavy atom. The van der Waals surface area contributed by atoms with E-state index in [0.717, 1.165) is 91.1 Å². The van der Waals surface area contributed by atoms with E-state index in [1.807, 2.05) is 67.3 Å². The number of carboxylic acid groups (broad SMARTS) is 1. The van der Waals surface area contributed by atoms with Crippen LogP contribution >= 0.6 is 12.4 Å². The van der Waals surface area contributed by atoms with Crippen LogP contribution in [0.4, 0.5) is 0 Å². The summed E-state index contributed by atoms with van der Waals surface area (Å²) in [5, 5.41) is 44.0. The molecule has 4 aromatic carbocycles. The van der Waals surface area contributed by atoms with Crippen LogP contribution in [0.1, 0.15) is 161 Å². The van der Waals surface area contributed by atoms with Gasteiger partial charge in [-0.25, -0.2) is 14.8 Å². The first-order chi connectivity index (χ1) is 31.7. The average Bonchev–Trinajstić information content (AvgIpc) is 4.05. The Hall–Kier alpha value is -6.67. The van der Waals surface area contributed by atoms with E-state index in [-0.39, 0.29) is 25.7 Å². The van der Waals surface area contributed by atoms with Crippen molar-refractivity contribution in [3.8, 4) is 34.9 Å². The normalized spacial score (nSPS) is 16.1. The third kappa shape index (κ3) is 11.7. The molecule has 4 N–H and O–H groups in total. The molecule has 0 atom stereocenters. The van der Waals surface area contributed by atoms with Crippen molar-refractivity contribution in [1.82, 2.24) is 40.6 Å². The lowest BCUT2D eigenvalue weighted by Crippen LogP contribution is -2.38. The molecule has 0 bridgehead atoms.